The summed E-state index contributed by atoms with van der Waals surface area (Å²) in [5.74, 6) is 0.928. The molecular formula is C17H16FN7O2. The number of hydrogen-bond donors (Lipinski definition) is 2. The molecule has 0 unspecified atom stereocenters. The van der Waals surface area contributed by atoms with Crippen LogP contribution in [0.5, 0.6) is 0 Å². The van der Waals surface area contributed by atoms with Crippen molar-refractivity contribution >= 4 is 16.9 Å². The fourth-order valence-corrected chi connectivity index (χ4v) is 2.86. The number of hydrogen-bond acceptors (Lipinski definition) is 8. The number of alkyl halides is 1. The highest BCUT2D eigenvalue weighted by Crippen LogP contribution is 2.31. The summed E-state index contributed by atoms with van der Waals surface area (Å²) >= 11 is 0. The van der Waals surface area contributed by atoms with E-state index in [1.165, 1.54) is 10.9 Å². The maximum Gasteiger partial charge on any atom is 0.223 e. The molecule has 0 amide bonds. The van der Waals surface area contributed by atoms with Gasteiger partial charge in [0.15, 0.2) is 5.82 Å². The maximum absolute atomic E-state index is 13.5. The first kappa shape index (κ1) is 17.0. The summed E-state index contributed by atoms with van der Waals surface area (Å²) in [6, 6.07) is 6.66. The molecule has 0 aliphatic heterocycles. The molecule has 3 aromatic heterocycles. The summed E-state index contributed by atoms with van der Waals surface area (Å²) in [6.45, 7) is 2.44. The first-order valence-electron chi connectivity index (χ1n) is 8.10. The van der Waals surface area contributed by atoms with Gasteiger partial charge in [0.25, 0.3) is 0 Å². The number of halogens is 1. The van der Waals surface area contributed by atoms with Gasteiger partial charge in [0.1, 0.15) is 18.0 Å². The largest absolute Gasteiger partial charge is 0.377 e. The first-order chi connectivity index (χ1) is 12.9. The lowest BCUT2D eigenvalue weighted by atomic mass is 9.94. The number of rotatable bonds is 4. The minimum Gasteiger partial charge on any atom is -0.377 e. The third kappa shape index (κ3) is 2.79. The van der Waals surface area contributed by atoms with Crippen LogP contribution >= 0.6 is 0 Å². The number of anilines is 1. The fourth-order valence-electron chi connectivity index (χ4n) is 2.86. The van der Waals surface area contributed by atoms with E-state index in [1.807, 2.05) is 0 Å². The Labute approximate surface area is 152 Å². The van der Waals surface area contributed by atoms with Crippen LogP contribution in [0.2, 0.25) is 0 Å². The lowest BCUT2D eigenvalue weighted by molar-refractivity contribution is 0.0893. The second-order valence-electron chi connectivity index (χ2n) is 6.21. The van der Waals surface area contributed by atoms with Gasteiger partial charge < -0.3 is 15.4 Å². The molecule has 4 rings (SSSR count). The molecule has 3 N–H and O–H groups in total. The lowest BCUT2D eigenvalue weighted by Crippen LogP contribution is -2.24. The molecule has 0 saturated heterocycles. The number of fused-ring (bicyclic) bond motifs is 1. The highest BCUT2D eigenvalue weighted by atomic mass is 19.1. The van der Waals surface area contributed by atoms with Crippen molar-refractivity contribution < 1.29 is 14.0 Å². The summed E-state index contributed by atoms with van der Waals surface area (Å²) in [6.07, 6.45) is 1.49. The molecule has 0 spiro atoms. The van der Waals surface area contributed by atoms with Gasteiger partial charge in [-0.05, 0) is 18.6 Å². The monoisotopic (exact) mass is 369 g/mol. The molecular weight excluding hydrogens is 353 g/mol. The molecule has 0 bridgehead atoms. The predicted molar refractivity (Wildman–Crippen MR) is 93.6 cm³/mol. The quantitative estimate of drug-likeness (QED) is 0.557. The van der Waals surface area contributed by atoms with E-state index in [-0.39, 0.29) is 17.5 Å². The Morgan fingerprint density at radius 1 is 1.30 bits per heavy atom. The standard InChI is InChI=1S/C17H16FN7O2/c1-9-21-15(24-27-9)17(2,26)10-3-4-11-12(8-18)23-25(13(11)7-10)14-5-6-20-16(19)22-14/h3-7,26H,8H2,1-2H3,(H2,19,20,22)/t17-/m1/s1. The van der Waals surface area contributed by atoms with Crippen LogP contribution in [0.3, 0.4) is 0 Å². The van der Waals surface area contributed by atoms with Gasteiger partial charge >= 0.3 is 0 Å². The summed E-state index contributed by atoms with van der Waals surface area (Å²) < 4.78 is 19.9. The van der Waals surface area contributed by atoms with Gasteiger partial charge in [0, 0.05) is 24.6 Å². The predicted octanol–water partition coefficient (Wildman–Crippen LogP) is 1.81. The molecule has 4 aromatic rings. The third-order valence-corrected chi connectivity index (χ3v) is 4.29. The molecule has 1 aromatic carbocycles. The van der Waals surface area contributed by atoms with Crippen molar-refractivity contribution in [1.82, 2.24) is 29.9 Å². The smallest absolute Gasteiger partial charge is 0.223 e. The lowest BCUT2D eigenvalue weighted by Gasteiger charge is -2.20. The Morgan fingerprint density at radius 3 is 2.78 bits per heavy atom. The minimum atomic E-state index is -1.51. The number of aryl methyl sites for hydroxylation is 1. The SMILES string of the molecule is Cc1nc([C@](C)(O)c2ccc3c(CF)nn(-c4ccnc(N)n4)c3c2)no1. The van der Waals surface area contributed by atoms with Gasteiger partial charge in [0.2, 0.25) is 17.7 Å². The van der Waals surface area contributed by atoms with E-state index in [9.17, 15) is 9.50 Å². The Balaban J connectivity index is 1.92. The number of nitrogen functional groups attached to an aromatic ring is 1. The van der Waals surface area contributed by atoms with Gasteiger partial charge in [0.05, 0.1) is 5.52 Å². The number of benzene rings is 1. The van der Waals surface area contributed by atoms with Crippen LogP contribution < -0.4 is 5.73 Å². The highest BCUT2D eigenvalue weighted by molar-refractivity contribution is 5.84. The van der Waals surface area contributed by atoms with Crippen LogP contribution in [-0.2, 0) is 12.3 Å². The molecule has 0 radical (unpaired) electrons. The average Bonchev–Trinajstić information content (AvgIpc) is 3.25. The summed E-state index contributed by atoms with van der Waals surface area (Å²) in [4.78, 5) is 12.1. The van der Waals surface area contributed by atoms with Crippen molar-refractivity contribution in [1.29, 1.82) is 0 Å². The molecule has 0 saturated carbocycles. The summed E-state index contributed by atoms with van der Waals surface area (Å²) in [7, 11) is 0. The second kappa shape index (κ2) is 6.09. The topological polar surface area (TPSA) is 129 Å². The third-order valence-electron chi connectivity index (χ3n) is 4.29. The molecule has 10 heteroatoms. The van der Waals surface area contributed by atoms with Crippen LogP contribution in [0.4, 0.5) is 10.3 Å². The van der Waals surface area contributed by atoms with E-state index in [2.05, 4.69) is 25.2 Å². The molecule has 0 fully saturated rings. The number of nitrogens with two attached hydrogens (primary N) is 1. The Hall–Kier alpha value is -3.40. The molecule has 0 aliphatic carbocycles. The van der Waals surface area contributed by atoms with Gasteiger partial charge in [-0.25, -0.2) is 14.1 Å². The summed E-state index contributed by atoms with van der Waals surface area (Å²) in [5.41, 5.74) is 5.44. The number of aliphatic hydroxyl groups is 1. The molecule has 27 heavy (non-hydrogen) atoms. The van der Waals surface area contributed by atoms with Crippen molar-refractivity contribution in [2.24, 2.45) is 0 Å². The van der Waals surface area contributed by atoms with E-state index in [0.29, 0.717) is 28.2 Å². The van der Waals surface area contributed by atoms with Crippen molar-refractivity contribution in [3.63, 3.8) is 0 Å². The van der Waals surface area contributed by atoms with Crippen LogP contribution in [0.15, 0.2) is 35.0 Å². The zero-order valence-corrected chi connectivity index (χ0v) is 14.6. The number of aromatic nitrogens is 6. The second-order valence-corrected chi connectivity index (χ2v) is 6.21. The van der Waals surface area contributed by atoms with Crippen LogP contribution in [0.25, 0.3) is 16.7 Å². The van der Waals surface area contributed by atoms with Crippen LogP contribution in [-0.4, -0.2) is 35.0 Å². The molecule has 0 aliphatic rings. The Morgan fingerprint density at radius 2 is 2.11 bits per heavy atom. The maximum atomic E-state index is 13.5. The first-order valence-corrected chi connectivity index (χ1v) is 8.10. The minimum absolute atomic E-state index is 0.0726. The molecule has 9 nitrogen and oxygen atoms in total. The van der Waals surface area contributed by atoms with Gasteiger partial charge in [-0.3, -0.25) is 0 Å². The molecule has 3 heterocycles. The molecule has 138 valence electrons. The Bertz CT molecular complexity index is 1140. The average molecular weight is 369 g/mol. The van der Waals surface area contributed by atoms with E-state index in [4.69, 9.17) is 10.3 Å². The normalized spacial score (nSPS) is 13.8. The summed E-state index contributed by atoms with van der Waals surface area (Å²) in [5, 5.41) is 19.6. The van der Waals surface area contributed by atoms with E-state index in [0.717, 1.165) is 0 Å². The zero-order chi connectivity index (χ0) is 19.2. The molecule has 1 atom stereocenters. The van der Waals surface area contributed by atoms with Crippen molar-refractivity contribution in [3.8, 4) is 5.82 Å². The zero-order valence-electron chi connectivity index (χ0n) is 14.6. The number of nitrogens with zero attached hydrogens (tertiary/aromatic N) is 6. The van der Waals surface area contributed by atoms with E-state index in [1.54, 1.807) is 38.1 Å². The van der Waals surface area contributed by atoms with Crippen molar-refractivity contribution in [2.45, 2.75) is 26.1 Å². The van der Waals surface area contributed by atoms with E-state index >= 15 is 0 Å². The van der Waals surface area contributed by atoms with Crippen LogP contribution in [0.1, 0.15) is 29.9 Å². The fraction of sp³-hybridized carbons (Fsp3) is 0.235. The van der Waals surface area contributed by atoms with Crippen LogP contribution in [0, 0.1) is 6.92 Å². The van der Waals surface area contributed by atoms with Crippen molar-refractivity contribution in [2.75, 3.05) is 5.73 Å². The highest BCUT2D eigenvalue weighted by Gasteiger charge is 2.32. The van der Waals surface area contributed by atoms with Gasteiger partial charge in [-0.15, -0.1) is 0 Å². The van der Waals surface area contributed by atoms with Gasteiger partial charge in [-0.2, -0.15) is 15.1 Å². The van der Waals surface area contributed by atoms with E-state index < -0.39 is 12.3 Å². The Kier molecular flexibility index (Phi) is 3.84. The van der Waals surface area contributed by atoms with Crippen molar-refractivity contribution in [3.05, 3.63) is 53.4 Å². The van der Waals surface area contributed by atoms with Gasteiger partial charge in [-0.1, -0.05) is 17.3 Å².